The molecule has 0 aliphatic heterocycles. The van der Waals surface area contributed by atoms with Gasteiger partial charge in [-0.05, 0) is 11.6 Å². The van der Waals surface area contributed by atoms with Crippen molar-refractivity contribution in [3.05, 3.63) is 29.0 Å². The van der Waals surface area contributed by atoms with Gasteiger partial charge in [-0.25, -0.2) is 0 Å². The summed E-state index contributed by atoms with van der Waals surface area (Å²) in [6.45, 7) is 1.74. The molecule has 0 aliphatic rings. The number of rotatable bonds is 4. The number of nitrogens with one attached hydrogen (secondary N) is 1. The Morgan fingerprint density at radius 3 is 3.08 bits per heavy atom. The van der Waals surface area contributed by atoms with Crippen LogP contribution in [0, 0.1) is 0 Å². The SMILES string of the molecule is Clc1cnccc1CNCCBr. The average molecular weight is 250 g/mol. The highest BCUT2D eigenvalue weighted by Crippen LogP contribution is 2.12. The van der Waals surface area contributed by atoms with E-state index in [0.717, 1.165) is 29.0 Å². The topological polar surface area (TPSA) is 24.9 Å². The minimum Gasteiger partial charge on any atom is -0.312 e. The summed E-state index contributed by atoms with van der Waals surface area (Å²) >= 11 is 9.22. The summed E-state index contributed by atoms with van der Waals surface area (Å²) in [6, 6.07) is 1.92. The van der Waals surface area contributed by atoms with Crippen molar-refractivity contribution in [2.75, 3.05) is 11.9 Å². The van der Waals surface area contributed by atoms with Gasteiger partial charge < -0.3 is 5.32 Å². The molecule has 0 unspecified atom stereocenters. The first-order valence-electron chi connectivity index (χ1n) is 3.69. The smallest absolute Gasteiger partial charge is 0.0634 e. The lowest BCUT2D eigenvalue weighted by Crippen LogP contribution is -2.15. The van der Waals surface area contributed by atoms with E-state index in [0.29, 0.717) is 0 Å². The molecule has 0 bridgehead atoms. The minimum atomic E-state index is 0.722. The van der Waals surface area contributed by atoms with Gasteiger partial charge in [-0.1, -0.05) is 27.5 Å². The molecule has 1 heterocycles. The molecule has 0 amide bonds. The first-order valence-corrected chi connectivity index (χ1v) is 5.19. The summed E-state index contributed by atoms with van der Waals surface area (Å²) in [6.07, 6.45) is 3.41. The Balaban J connectivity index is 2.46. The van der Waals surface area contributed by atoms with Crippen molar-refractivity contribution in [3.8, 4) is 0 Å². The Kier molecular flexibility index (Phi) is 4.58. The van der Waals surface area contributed by atoms with Gasteiger partial charge in [0.05, 0.1) is 5.02 Å². The molecule has 0 saturated carbocycles. The zero-order valence-corrected chi connectivity index (χ0v) is 8.90. The molecule has 0 atom stereocenters. The molecule has 1 aromatic heterocycles. The van der Waals surface area contributed by atoms with Gasteiger partial charge in [0.15, 0.2) is 0 Å². The van der Waals surface area contributed by atoms with Crippen LogP contribution in [0.3, 0.4) is 0 Å². The molecule has 12 heavy (non-hydrogen) atoms. The molecular formula is C8H10BrClN2. The zero-order chi connectivity index (χ0) is 8.81. The summed E-state index contributed by atoms with van der Waals surface area (Å²) in [5.41, 5.74) is 1.09. The Labute approximate surface area is 85.5 Å². The third-order valence-electron chi connectivity index (χ3n) is 1.44. The van der Waals surface area contributed by atoms with E-state index in [2.05, 4.69) is 26.2 Å². The lowest BCUT2D eigenvalue weighted by molar-refractivity contribution is 0.733. The predicted molar refractivity (Wildman–Crippen MR) is 54.7 cm³/mol. The lowest BCUT2D eigenvalue weighted by Gasteiger charge is -2.03. The summed E-state index contributed by atoms with van der Waals surface area (Å²) in [7, 11) is 0. The third-order valence-corrected chi connectivity index (χ3v) is 2.18. The van der Waals surface area contributed by atoms with Gasteiger partial charge in [0.2, 0.25) is 0 Å². The number of nitrogens with zero attached hydrogens (tertiary/aromatic N) is 1. The number of pyridine rings is 1. The van der Waals surface area contributed by atoms with Crippen LogP contribution >= 0.6 is 27.5 Å². The molecule has 0 spiro atoms. The van der Waals surface area contributed by atoms with Crippen LogP contribution in [0.2, 0.25) is 5.02 Å². The molecule has 66 valence electrons. The van der Waals surface area contributed by atoms with Gasteiger partial charge in [-0.2, -0.15) is 0 Å². The fourth-order valence-corrected chi connectivity index (χ4v) is 1.30. The molecule has 0 aliphatic carbocycles. The van der Waals surface area contributed by atoms with Crippen molar-refractivity contribution in [3.63, 3.8) is 0 Å². The standard InChI is InChI=1S/C8H10BrClN2/c9-2-4-12-5-7-1-3-11-6-8(7)10/h1,3,6,12H,2,4-5H2. The van der Waals surface area contributed by atoms with E-state index in [1.165, 1.54) is 0 Å². The van der Waals surface area contributed by atoms with E-state index in [1.807, 2.05) is 6.07 Å². The Morgan fingerprint density at radius 2 is 2.42 bits per heavy atom. The Bertz CT molecular complexity index is 242. The van der Waals surface area contributed by atoms with Gasteiger partial charge in [-0.15, -0.1) is 0 Å². The maximum absolute atomic E-state index is 5.89. The number of alkyl halides is 1. The summed E-state index contributed by atoms with van der Waals surface area (Å²) in [4.78, 5) is 3.90. The van der Waals surface area contributed by atoms with Crippen LogP contribution in [0.5, 0.6) is 0 Å². The second-order valence-corrected chi connectivity index (χ2v) is 3.53. The summed E-state index contributed by atoms with van der Waals surface area (Å²) < 4.78 is 0. The van der Waals surface area contributed by atoms with Gasteiger partial charge in [0.1, 0.15) is 0 Å². The lowest BCUT2D eigenvalue weighted by atomic mass is 10.3. The van der Waals surface area contributed by atoms with E-state index < -0.39 is 0 Å². The van der Waals surface area contributed by atoms with Crippen LogP contribution < -0.4 is 5.32 Å². The van der Waals surface area contributed by atoms with Gasteiger partial charge >= 0.3 is 0 Å². The Hall–Kier alpha value is -0.120. The number of aromatic nitrogens is 1. The average Bonchev–Trinajstić information content (AvgIpc) is 2.09. The van der Waals surface area contributed by atoms with E-state index in [-0.39, 0.29) is 0 Å². The van der Waals surface area contributed by atoms with E-state index in [1.54, 1.807) is 12.4 Å². The molecule has 1 rings (SSSR count). The van der Waals surface area contributed by atoms with Crippen molar-refractivity contribution >= 4 is 27.5 Å². The molecule has 0 radical (unpaired) electrons. The first-order chi connectivity index (χ1) is 5.84. The van der Waals surface area contributed by atoms with E-state index in [9.17, 15) is 0 Å². The molecule has 2 nitrogen and oxygen atoms in total. The molecule has 1 N–H and O–H groups in total. The summed E-state index contributed by atoms with van der Waals surface area (Å²) in [5, 5.41) is 4.91. The van der Waals surface area contributed by atoms with Crippen molar-refractivity contribution in [1.82, 2.24) is 10.3 Å². The van der Waals surface area contributed by atoms with Crippen LogP contribution in [-0.4, -0.2) is 16.9 Å². The Morgan fingerprint density at radius 1 is 1.58 bits per heavy atom. The van der Waals surface area contributed by atoms with Crippen LogP contribution in [0.15, 0.2) is 18.5 Å². The first kappa shape index (κ1) is 9.96. The quantitative estimate of drug-likeness (QED) is 0.654. The third kappa shape index (κ3) is 3.09. The molecule has 4 heteroatoms. The number of hydrogen-bond acceptors (Lipinski definition) is 2. The number of halogens is 2. The summed E-state index contributed by atoms with van der Waals surface area (Å²) in [5.74, 6) is 0. The highest BCUT2D eigenvalue weighted by molar-refractivity contribution is 9.09. The van der Waals surface area contributed by atoms with Crippen LogP contribution in [-0.2, 0) is 6.54 Å². The fourth-order valence-electron chi connectivity index (χ4n) is 0.837. The molecule has 1 aromatic rings. The van der Waals surface area contributed by atoms with Crippen molar-refractivity contribution < 1.29 is 0 Å². The van der Waals surface area contributed by atoms with Gasteiger partial charge in [0, 0.05) is 30.8 Å². The maximum Gasteiger partial charge on any atom is 0.0634 e. The van der Waals surface area contributed by atoms with Crippen LogP contribution in [0.1, 0.15) is 5.56 Å². The highest BCUT2D eigenvalue weighted by Gasteiger charge is 1.97. The van der Waals surface area contributed by atoms with Crippen molar-refractivity contribution in [2.24, 2.45) is 0 Å². The van der Waals surface area contributed by atoms with Crippen molar-refractivity contribution in [2.45, 2.75) is 6.54 Å². The van der Waals surface area contributed by atoms with Crippen molar-refractivity contribution in [1.29, 1.82) is 0 Å². The second-order valence-electron chi connectivity index (χ2n) is 2.33. The largest absolute Gasteiger partial charge is 0.312 e. The number of hydrogen-bond donors (Lipinski definition) is 1. The zero-order valence-electron chi connectivity index (χ0n) is 6.56. The minimum absolute atomic E-state index is 0.722. The molecule has 0 saturated heterocycles. The fraction of sp³-hybridized carbons (Fsp3) is 0.375. The van der Waals surface area contributed by atoms with Gasteiger partial charge in [-0.3, -0.25) is 4.98 Å². The normalized spacial score (nSPS) is 10.2. The van der Waals surface area contributed by atoms with Crippen LogP contribution in [0.4, 0.5) is 0 Å². The molecular weight excluding hydrogens is 239 g/mol. The van der Waals surface area contributed by atoms with Crippen LogP contribution in [0.25, 0.3) is 0 Å². The van der Waals surface area contributed by atoms with E-state index in [4.69, 9.17) is 11.6 Å². The predicted octanol–water partition coefficient (Wildman–Crippen LogP) is 2.22. The highest BCUT2D eigenvalue weighted by atomic mass is 79.9. The monoisotopic (exact) mass is 248 g/mol. The van der Waals surface area contributed by atoms with E-state index >= 15 is 0 Å². The second kappa shape index (κ2) is 5.51. The van der Waals surface area contributed by atoms with Gasteiger partial charge in [0.25, 0.3) is 0 Å². The molecule has 0 fully saturated rings. The molecule has 0 aromatic carbocycles. The maximum atomic E-state index is 5.89.